The summed E-state index contributed by atoms with van der Waals surface area (Å²) in [6.45, 7) is 6.01. The number of aryl methyl sites for hydroxylation is 1. The molecule has 0 atom stereocenters. The van der Waals surface area contributed by atoms with Gasteiger partial charge >= 0.3 is 0 Å². The molecule has 1 N–H and O–H groups in total. The molecule has 1 fully saturated rings. The summed E-state index contributed by atoms with van der Waals surface area (Å²) in [5, 5.41) is 0. The lowest BCUT2D eigenvalue weighted by Crippen LogP contribution is -3.15. The second-order valence-electron chi connectivity index (χ2n) is 7.98. The number of amides is 1. The molecule has 2 heterocycles. The van der Waals surface area contributed by atoms with Gasteiger partial charge in [0.15, 0.2) is 6.54 Å². The highest BCUT2D eigenvalue weighted by Gasteiger charge is 2.32. The highest BCUT2D eigenvalue weighted by molar-refractivity contribution is 7.89. The summed E-state index contributed by atoms with van der Waals surface area (Å²) in [6, 6.07) is 15.3. The molecule has 0 spiro atoms. The predicted octanol–water partition coefficient (Wildman–Crippen LogP) is 0.469. The van der Waals surface area contributed by atoms with E-state index in [0.29, 0.717) is 44.2 Å². The molecule has 2 aromatic carbocycles. The topological polar surface area (TPSA) is 62.1 Å². The van der Waals surface area contributed by atoms with Crippen molar-refractivity contribution in [1.82, 2.24) is 9.21 Å². The number of hydrogen-bond donors (Lipinski definition) is 1. The Morgan fingerprint density at radius 2 is 1.62 bits per heavy atom. The molecule has 2 aliphatic heterocycles. The Labute approximate surface area is 172 Å². The van der Waals surface area contributed by atoms with E-state index in [4.69, 9.17) is 0 Å². The van der Waals surface area contributed by atoms with Crippen molar-refractivity contribution >= 4 is 15.9 Å². The van der Waals surface area contributed by atoms with E-state index in [1.807, 2.05) is 36.1 Å². The smallest absolute Gasteiger partial charge is 0.278 e. The molecule has 0 aromatic heterocycles. The largest absolute Gasteiger partial charge is 0.333 e. The molecule has 2 aromatic rings. The van der Waals surface area contributed by atoms with Crippen molar-refractivity contribution in [2.75, 3.05) is 39.3 Å². The van der Waals surface area contributed by atoms with E-state index in [9.17, 15) is 13.2 Å². The first kappa shape index (κ1) is 20.1. The molecular weight excluding hydrogens is 386 g/mol. The van der Waals surface area contributed by atoms with E-state index in [1.54, 1.807) is 16.4 Å². The number of carbonyl (C=O) groups is 1. The molecule has 0 radical (unpaired) electrons. The average molecular weight is 415 g/mol. The molecule has 2 aliphatic rings. The summed E-state index contributed by atoms with van der Waals surface area (Å²) in [5.41, 5.74) is 3.60. The molecule has 1 amide bonds. The number of sulfonamides is 1. The molecule has 154 valence electrons. The van der Waals surface area contributed by atoms with Gasteiger partial charge in [-0.15, -0.1) is 0 Å². The van der Waals surface area contributed by atoms with Gasteiger partial charge < -0.3 is 9.80 Å². The normalized spacial score (nSPS) is 18.4. The third-order valence-electron chi connectivity index (χ3n) is 5.97. The Balaban J connectivity index is 1.32. The minimum atomic E-state index is -3.46. The highest BCUT2D eigenvalue weighted by atomic mass is 32.2. The summed E-state index contributed by atoms with van der Waals surface area (Å²) in [7, 11) is -3.46. The van der Waals surface area contributed by atoms with Crippen LogP contribution in [-0.4, -0.2) is 62.8 Å². The molecule has 7 heteroatoms. The van der Waals surface area contributed by atoms with Crippen LogP contribution in [0.4, 0.5) is 0 Å². The summed E-state index contributed by atoms with van der Waals surface area (Å²) in [4.78, 5) is 16.2. The van der Waals surface area contributed by atoms with Gasteiger partial charge in [0.1, 0.15) is 0 Å². The van der Waals surface area contributed by atoms with Crippen molar-refractivity contribution in [2.45, 2.75) is 24.8 Å². The molecule has 0 unspecified atom stereocenters. The Morgan fingerprint density at radius 3 is 2.31 bits per heavy atom. The van der Waals surface area contributed by atoms with Crippen LogP contribution in [0.1, 0.15) is 16.7 Å². The van der Waals surface area contributed by atoms with Gasteiger partial charge in [0.25, 0.3) is 5.91 Å². The summed E-state index contributed by atoms with van der Waals surface area (Å²) >= 11 is 0. The van der Waals surface area contributed by atoms with Crippen molar-refractivity contribution in [3.63, 3.8) is 0 Å². The third kappa shape index (κ3) is 4.37. The quantitative estimate of drug-likeness (QED) is 0.791. The number of piperazine rings is 1. The van der Waals surface area contributed by atoms with Gasteiger partial charge in [-0.3, -0.25) is 4.79 Å². The molecule has 1 saturated heterocycles. The Kier molecular flexibility index (Phi) is 5.72. The first-order valence-corrected chi connectivity index (χ1v) is 11.6. The average Bonchev–Trinajstić information content (AvgIpc) is 2.74. The van der Waals surface area contributed by atoms with Crippen LogP contribution in [0, 0.1) is 6.92 Å². The molecule has 4 rings (SSSR count). The molecule has 6 nitrogen and oxygen atoms in total. The van der Waals surface area contributed by atoms with Gasteiger partial charge in [0.2, 0.25) is 10.0 Å². The van der Waals surface area contributed by atoms with Crippen molar-refractivity contribution in [3.8, 4) is 0 Å². The number of carbonyl (C=O) groups excluding carboxylic acids is 1. The van der Waals surface area contributed by atoms with Gasteiger partial charge in [-0.2, -0.15) is 4.31 Å². The van der Waals surface area contributed by atoms with E-state index in [-0.39, 0.29) is 5.91 Å². The van der Waals surface area contributed by atoms with E-state index in [1.165, 1.54) is 11.1 Å². The van der Waals surface area contributed by atoms with Crippen LogP contribution in [0.15, 0.2) is 53.4 Å². The van der Waals surface area contributed by atoms with E-state index >= 15 is 0 Å². The second-order valence-corrected chi connectivity index (χ2v) is 9.92. The van der Waals surface area contributed by atoms with Gasteiger partial charge in [0.05, 0.1) is 31.1 Å². The number of rotatable bonds is 4. The lowest BCUT2D eigenvalue weighted by atomic mass is 10.00. The molecule has 0 bridgehead atoms. The van der Waals surface area contributed by atoms with Crippen LogP contribution in [0.5, 0.6) is 0 Å². The van der Waals surface area contributed by atoms with Gasteiger partial charge in [0, 0.05) is 13.1 Å². The number of fused-ring (bicyclic) bond motifs is 1. The number of hydrogen-bond acceptors (Lipinski definition) is 3. The zero-order valence-corrected chi connectivity index (χ0v) is 17.6. The standard InChI is InChI=1S/C22H27N3O3S/c1-18-6-8-21(9-7-18)29(27,28)25-14-12-23(13-15-25)17-22(26)24-11-10-19-4-2-3-5-20(19)16-24/h2-9H,10-17H2,1H3/p+1. The number of nitrogens with zero attached hydrogens (tertiary/aromatic N) is 2. The Hall–Kier alpha value is -2.22. The Morgan fingerprint density at radius 1 is 0.966 bits per heavy atom. The summed E-state index contributed by atoms with van der Waals surface area (Å²) in [6.07, 6.45) is 0.903. The third-order valence-corrected chi connectivity index (χ3v) is 7.89. The monoisotopic (exact) mass is 414 g/mol. The predicted molar refractivity (Wildman–Crippen MR) is 111 cm³/mol. The zero-order valence-electron chi connectivity index (χ0n) is 16.8. The van der Waals surface area contributed by atoms with Crippen molar-refractivity contribution < 1.29 is 18.1 Å². The van der Waals surface area contributed by atoms with Gasteiger partial charge in [-0.05, 0) is 36.6 Å². The molecule has 0 aliphatic carbocycles. The lowest BCUT2D eigenvalue weighted by molar-refractivity contribution is -0.896. The van der Waals surface area contributed by atoms with Crippen molar-refractivity contribution in [2.24, 2.45) is 0 Å². The second kappa shape index (κ2) is 8.26. The zero-order chi connectivity index (χ0) is 20.4. The maximum absolute atomic E-state index is 12.8. The minimum absolute atomic E-state index is 0.157. The van der Waals surface area contributed by atoms with Crippen molar-refractivity contribution in [3.05, 3.63) is 65.2 Å². The van der Waals surface area contributed by atoms with Gasteiger partial charge in [-0.25, -0.2) is 8.42 Å². The number of quaternary nitrogens is 1. The minimum Gasteiger partial charge on any atom is -0.333 e. The summed E-state index contributed by atoms with van der Waals surface area (Å²) in [5.74, 6) is 0.157. The fourth-order valence-electron chi connectivity index (χ4n) is 4.11. The van der Waals surface area contributed by atoms with E-state index in [0.717, 1.165) is 23.4 Å². The lowest BCUT2D eigenvalue weighted by Gasteiger charge is -2.33. The Bertz CT molecular complexity index is 981. The fourth-order valence-corrected chi connectivity index (χ4v) is 5.55. The molecule has 29 heavy (non-hydrogen) atoms. The maximum atomic E-state index is 12.8. The van der Waals surface area contributed by atoms with Crippen LogP contribution in [-0.2, 0) is 27.8 Å². The van der Waals surface area contributed by atoms with E-state index in [2.05, 4.69) is 12.1 Å². The SMILES string of the molecule is Cc1ccc(S(=O)(=O)N2CC[NH+](CC(=O)N3CCc4ccccc4C3)CC2)cc1. The van der Waals surface area contributed by atoms with Crippen LogP contribution < -0.4 is 4.90 Å². The number of benzene rings is 2. The molecule has 0 saturated carbocycles. The summed E-state index contributed by atoms with van der Waals surface area (Å²) < 4.78 is 27.2. The van der Waals surface area contributed by atoms with Crippen LogP contribution in [0.2, 0.25) is 0 Å². The maximum Gasteiger partial charge on any atom is 0.278 e. The highest BCUT2D eigenvalue weighted by Crippen LogP contribution is 2.18. The molecular formula is C22H28N3O3S+. The van der Waals surface area contributed by atoms with Crippen LogP contribution in [0.25, 0.3) is 0 Å². The van der Waals surface area contributed by atoms with Crippen molar-refractivity contribution in [1.29, 1.82) is 0 Å². The van der Waals surface area contributed by atoms with E-state index < -0.39 is 10.0 Å². The van der Waals surface area contributed by atoms with Crippen LogP contribution >= 0.6 is 0 Å². The van der Waals surface area contributed by atoms with Crippen LogP contribution in [0.3, 0.4) is 0 Å². The first-order chi connectivity index (χ1) is 13.9. The number of nitrogens with one attached hydrogen (secondary N) is 1. The fraction of sp³-hybridized carbons (Fsp3) is 0.409. The van der Waals surface area contributed by atoms with Gasteiger partial charge in [-0.1, -0.05) is 42.0 Å². The first-order valence-electron chi connectivity index (χ1n) is 10.2.